The van der Waals surface area contributed by atoms with E-state index in [4.69, 9.17) is 23.2 Å². The number of aromatic nitrogens is 2. The Morgan fingerprint density at radius 1 is 1.16 bits per heavy atom. The van der Waals surface area contributed by atoms with Crippen molar-refractivity contribution in [3.05, 3.63) is 63.9 Å². The number of rotatable bonds is 6. The monoisotopic (exact) mass is 375 g/mol. The van der Waals surface area contributed by atoms with Crippen LogP contribution in [0.3, 0.4) is 0 Å². The molecule has 1 aromatic heterocycles. The van der Waals surface area contributed by atoms with Crippen molar-refractivity contribution in [1.82, 2.24) is 14.9 Å². The quantitative estimate of drug-likeness (QED) is 0.671. The number of nitrogens with one attached hydrogen (secondary N) is 1. The molecular formula is C19H19Cl2N3O. The highest BCUT2D eigenvalue weighted by Crippen LogP contribution is 2.24. The van der Waals surface area contributed by atoms with Crippen molar-refractivity contribution < 1.29 is 4.79 Å². The van der Waals surface area contributed by atoms with E-state index in [1.54, 1.807) is 6.07 Å². The van der Waals surface area contributed by atoms with Crippen LogP contribution in [0, 0.1) is 0 Å². The predicted molar refractivity (Wildman–Crippen MR) is 102 cm³/mol. The number of imidazole rings is 1. The van der Waals surface area contributed by atoms with Crippen LogP contribution in [-0.4, -0.2) is 15.5 Å². The van der Waals surface area contributed by atoms with Crippen LogP contribution in [0.15, 0.2) is 42.5 Å². The first-order chi connectivity index (χ1) is 12.1. The molecule has 0 bridgehead atoms. The molecule has 0 saturated heterocycles. The van der Waals surface area contributed by atoms with Gasteiger partial charge in [-0.2, -0.15) is 0 Å². The van der Waals surface area contributed by atoms with Gasteiger partial charge in [-0.25, -0.2) is 4.98 Å². The van der Waals surface area contributed by atoms with Gasteiger partial charge in [-0.05, 0) is 36.2 Å². The molecule has 3 rings (SSSR count). The van der Waals surface area contributed by atoms with Crippen molar-refractivity contribution >= 4 is 40.1 Å². The van der Waals surface area contributed by atoms with Crippen LogP contribution in [0.1, 0.15) is 31.2 Å². The third-order valence-electron chi connectivity index (χ3n) is 3.98. The molecule has 4 nitrogen and oxygen atoms in total. The van der Waals surface area contributed by atoms with E-state index in [2.05, 4.69) is 14.9 Å². The molecule has 0 aliphatic carbocycles. The highest BCUT2D eigenvalue weighted by Gasteiger charge is 2.12. The summed E-state index contributed by atoms with van der Waals surface area (Å²) in [6.07, 6.45) is 1.35. The van der Waals surface area contributed by atoms with Crippen molar-refractivity contribution in [1.29, 1.82) is 0 Å². The van der Waals surface area contributed by atoms with Crippen molar-refractivity contribution in [2.75, 3.05) is 0 Å². The fourth-order valence-electron chi connectivity index (χ4n) is 2.75. The molecule has 1 amide bonds. The Bertz CT molecular complexity index is 905. The summed E-state index contributed by atoms with van der Waals surface area (Å²) in [5.41, 5.74) is 2.95. The summed E-state index contributed by atoms with van der Waals surface area (Å²) in [6, 6.07) is 13.5. The molecule has 0 atom stereocenters. The summed E-state index contributed by atoms with van der Waals surface area (Å²) >= 11 is 12.1. The first kappa shape index (κ1) is 17.8. The largest absolute Gasteiger partial charge is 0.349 e. The van der Waals surface area contributed by atoms with Crippen LogP contribution < -0.4 is 5.32 Å². The normalized spacial score (nSPS) is 11.0. The first-order valence-electron chi connectivity index (χ1n) is 8.23. The van der Waals surface area contributed by atoms with Crippen LogP contribution in [0.5, 0.6) is 0 Å². The summed E-state index contributed by atoms with van der Waals surface area (Å²) in [5.74, 6) is 0.854. The van der Waals surface area contributed by atoms with Crippen LogP contribution in [0.2, 0.25) is 10.0 Å². The molecule has 1 N–H and O–H groups in total. The molecule has 0 spiro atoms. The Morgan fingerprint density at radius 2 is 1.96 bits per heavy atom. The number of carbonyl (C=O) groups is 1. The molecule has 0 aliphatic heterocycles. The van der Waals surface area contributed by atoms with Crippen molar-refractivity contribution in [3.8, 4) is 0 Å². The lowest BCUT2D eigenvalue weighted by atomic mass is 10.2. The van der Waals surface area contributed by atoms with Gasteiger partial charge in [-0.3, -0.25) is 4.79 Å². The highest BCUT2D eigenvalue weighted by molar-refractivity contribution is 6.42. The van der Waals surface area contributed by atoms with Gasteiger partial charge in [0.05, 0.1) is 27.6 Å². The molecule has 0 fully saturated rings. The van der Waals surface area contributed by atoms with E-state index in [1.807, 2.05) is 43.3 Å². The lowest BCUT2D eigenvalue weighted by Crippen LogP contribution is -2.24. The van der Waals surface area contributed by atoms with Gasteiger partial charge >= 0.3 is 0 Å². The Hall–Kier alpha value is -2.04. The van der Waals surface area contributed by atoms with Gasteiger partial charge in [0.1, 0.15) is 5.82 Å². The van der Waals surface area contributed by atoms with Gasteiger partial charge in [0.15, 0.2) is 0 Å². The van der Waals surface area contributed by atoms with E-state index in [0.29, 0.717) is 29.6 Å². The number of para-hydroxylation sites is 2. The zero-order valence-corrected chi connectivity index (χ0v) is 15.4. The van der Waals surface area contributed by atoms with E-state index in [0.717, 1.165) is 28.8 Å². The van der Waals surface area contributed by atoms with Crippen LogP contribution >= 0.6 is 23.2 Å². The molecule has 0 aliphatic rings. The lowest BCUT2D eigenvalue weighted by Gasteiger charge is -2.11. The Labute approximate surface area is 156 Å². The second kappa shape index (κ2) is 7.89. The first-order valence-corrected chi connectivity index (χ1v) is 8.99. The van der Waals surface area contributed by atoms with Crippen LogP contribution in [0.25, 0.3) is 11.0 Å². The van der Waals surface area contributed by atoms with Gasteiger partial charge < -0.3 is 9.88 Å². The minimum atomic E-state index is 0.0376. The lowest BCUT2D eigenvalue weighted by molar-refractivity contribution is -0.121. The molecule has 0 saturated carbocycles. The zero-order chi connectivity index (χ0) is 17.8. The molecule has 0 radical (unpaired) electrons. The third kappa shape index (κ3) is 4.14. The third-order valence-corrected chi connectivity index (χ3v) is 4.72. The van der Waals surface area contributed by atoms with E-state index in [1.165, 1.54) is 0 Å². The topological polar surface area (TPSA) is 46.9 Å². The van der Waals surface area contributed by atoms with Crippen molar-refractivity contribution in [2.45, 2.75) is 32.9 Å². The maximum absolute atomic E-state index is 11.8. The second-order valence-electron chi connectivity index (χ2n) is 5.88. The number of nitrogens with zero attached hydrogens (tertiary/aromatic N) is 2. The van der Waals surface area contributed by atoms with Crippen LogP contribution in [0.4, 0.5) is 0 Å². The smallest absolute Gasteiger partial charge is 0.220 e. The second-order valence-corrected chi connectivity index (χ2v) is 6.69. The van der Waals surface area contributed by atoms with Crippen LogP contribution in [-0.2, 0) is 17.9 Å². The summed E-state index contributed by atoms with van der Waals surface area (Å²) < 4.78 is 2.10. The van der Waals surface area contributed by atoms with E-state index >= 15 is 0 Å². The van der Waals surface area contributed by atoms with Crippen molar-refractivity contribution in [2.24, 2.45) is 0 Å². The van der Waals surface area contributed by atoms with E-state index in [-0.39, 0.29) is 5.91 Å². The Balaban J connectivity index is 1.92. The average molecular weight is 376 g/mol. The average Bonchev–Trinajstić information content (AvgIpc) is 2.94. The number of hydrogen-bond acceptors (Lipinski definition) is 2. The van der Waals surface area contributed by atoms with Gasteiger partial charge in [0, 0.05) is 13.0 Å². The maximum Gasteiger partial charge on any atom is 0.220 e. The van der Waals surface area contributed by atoms with E-state index < -0.39 is 0 Å². The standard InChI is InChI=1S/C19H19Cl2N3O/c1-2-5-19(25)22-11-18-23-16-6-3-4-7-17(16)24(18)12-13-8-9-14(20)15(21)10-13/h3-4,6-10H,2,5,11-12H2,1H3,(H,22,25). The van der Waals surface area contributed by atoms with Gasteiger partial charge in [-0.1, -0.05) is 48.3 Å². The molecule has 6 heteroatoms. The summed E-state index contributed by atoms with van der Waals surface area (Å²) in [6.45, 7) is 2.99. The number of benzene rings is 2. The molecule has 25 heavy (non-hydrogen) atoms. The minimum absolute atomic E-state index is 0.0376. The maximum atomic E-state index is 11.8. The Morgan fingerprint density at radius 3 is 2.72 bits per heavy atom. The minimum Gasteiger partial charge on any atom is -0.349 e. The number of halogens is 2. The molecule has 2 aromatic carbocycles. The molecule has 0 unspecified atom stereocenters. The molecule has 1 heterocycles. The number of fused-ring (bicyclic) bond motifs is 1. The number of amides is 1. The number of carbonyl (C=O) groups excluding carboxylic acids is 1. The summed E-state index contributed by atoms with van der Waals surface area (Å²) in [4.78, 5) is 16.5. The predicted octanol–water partition coefficient (Wildman–Crippen LogP) is 4.81. The summed E-state index contributed by atoms with van der Waals surface area (Å²) in [7, 11) is 0. The van der Waals surface area contributed by atoms with Gasteiger partial charge in [0.25, 0.3) is 0 Å². The number of hydrogen-bond donors (Lipinski definition) is 1. The summed E-state index contributed by atoms with van der Waals surface area (Å²) in [5, 5.41) is 4.00. The highest BCUT2D eigenvalue weighted by atomic mass is 35.5. The molecular weight excluding hydrogens is 357 g/mol. The fourth-order valence-corrected chi connectivity index (χ4v) is 3.07. The Kier molecular flexibility index (Phi) is 5.61. The van der Waals surface area contributed by atoms with E-state index in [9.17, 15) is 4.79 Å². The molecule has 130 valence electrons. The zero-order valence-electron chi connectivity index (χ0n) is 13.9. The van der Waals surface area contributed by atoms with Crippen molar-refractivity contribution in [3.63, 3.8) is 0 Å². The SMILES string of the molecule is CCCC(=O)NCc1nc2ccccc2n1Cc1ccc(Cl)c(Cl)c1. The fraction of sp³-hybridized carbons (Fsp3) is 0.263. The van der Waals surface area contributed by atoms with Gasteiger partial charge in [0.2, 0.25) is 5.91 Å². The van der Waals surface area contributed by atoms with Gasteiger partial charge in [-0.15, -0.1) is 0 Å². The molecule has 3 aromatic rings.